The van der Waals surface area contributed by atoms with Crippen molar-refractivity contribution < 1.29 is 8.42 Å². The van der Waals surface area contributed by atoms with E-state index in [1.807, 2.05) is 0 Å². The van der Waals surface area contributed by atoms with Crippen molar-refractivity contribution in [1.29, 1.82) is 0 Å². The van der Waals surface area contributed by atoms with Crippen LogP contribution in [0.3, 0.4) is 0 Å². The van der Waals surface area contributed by atoms with Gasteiger partial charge in [0.05, 0.1) is 10.9 Å². The maximum atomic E-state index is 11.3. The van der Waals surface area contributed by atoms with E-state index in [0.717, 1.165) is 18.5 Å². The zero-order chi connectivity index (χ0) is 12.9. The minimum Gasteiger partial charge on any atom is -0.372 e. The van der Waals surface area contributed by atoms with E-state index in [0.29, 0.717) is 4.90 Å². The molecule has 3 nitrogen and oxygen atoms in total. The molecule has 0 bridgehead atoms. The Morgan fingerprint density at radius 1 is 1.35 bits per heavy atom. The number of sulfone groups is 1. The monoisotopic (exact) mass is 251 g/mol. The molecule has 1 atom stereocenters. The third kappa shape index (κ3) is 4.12. The molecule has 0 aliphatic heterocycles. The van der Waals surface area contributed by atoms with Gasteiger partial charge in [0, 0.05) is 11.9 Å². The van der Waals surface area contributed by atoms with Crippen LogP contribution in [0.25, 0.3) is 0 Å². The summed E-state index contributed by atoms with van der Waals surface area (Å²) in [5.41, 5.74) is 0.841. The third-order valence-corrected chi connectivity index (χ3v) is 3.53. The van der Waals surface area contributed by atoms with Crippen LogP contribution in [0.5, 0.6) is 0 Å². The zero-order valence-corrected chi connectivity index (χ0v) is 10.9. The van der Waals surface area contributed by atoms with Gasteiger partial charge in [-0.2, -0.15) is 0 Å². The van der Waals surface area contributed by atoms with E-state index in [9.17, 15) is 8.42 Å². The Morgan fingerprint density at radius 3 is 2.35 bits per heavy atom. The van der Waals surface area contributed by atoms with Crippen LogP contribution in [0.1, 0.15) is 19.8 Å². The number of hydrogen-bond donors (Lipinski definition) is 1. The Labute approximate surface area is 103 Å². The average Bonchev–Trinajstić information content (AvgIpc) is 2.28. The molecule has 0 aromatic heterocycles. The molecule has 1 aromatic rings. The summed E-state index contributed by atoms with van der Waals surface area (Å²) in [4.78, 5) is 0.316. The molecule has 0 heterocycles. The first-order chi connectivity index (χ1) is 7.97. The molecule has 1 N–H and O–H groups in total. The third-order valence-electron chi connectivity index (χ3n) is 2.40. The molecule has 4 heteroatoms. The van der Waals surface area contributed by atoms with Gasteiger partial charge in [-0.05, 0) is 30.7 Å². The molecule has 1 unspecified atom stereocenters. The number of anilines is 1. The second-order valence-corrected chi connectivity index (χ2v) is 5.96. The van der Waals surface area contributed by atoms with Gasteiger partial charge in [-0.3, -0.25) is 0 Å². The van der Waals surface area contributed by atoms with Crippen LogP contribution in [0.15, 0.2) is 29.2 Å². The second kappa shape index (κ2) is 5.74. The molecule has 0 aliphatic carbocycles. The summed E-state index contributed by atoms with van der Waals surface area (Å²) in [6.07, 6.45) is 8.49. The van der Waals surface area contributed by atoms with Crippen molar-refractivity contribution >= 4 is 15.5 Å². The maximum absolute atomic E-state index is 11.3. The first-order valence-corrected chi connectivity index (χ1v) is 7.39. The summed E-state index contributed by atoms with van der Waals surface area (Å²) in [5.74, 6) is 2.67. The number of nitrogens with one attached hydrogen (secondary N) is 1. The molecule has 17 heavy (non-hydrogen) atoms. The summed E-state index contributed by atoms with van der Waals surface area (Å²) in [6.45, 7) is 2.07. The topological polar surface area (TPSA) is 46.2 Å². The van der Waals surface area contributed by atoms with Crippen molar-refractivity contribution in [1.82, 2.24) is 0 Å². The quantitative estimate of drug-likeness (QED) is 0.817. The van der Waals surface area contributed by atoms with Gasteiger partial charge < -0.3 is 5.32 Å². The standard InChI is InChI=1S/C13H17NO2S/c1-4-6-11(5-2)14-12-7-9-13(10-8-12)17(3,15)16/h2,7-11,14H,4,6H2,1,3H3. The Bertz CT molecular complexity index is 497. The predicted octanol–water partition coefficient (Wildman–Crippen LogP) is 2.30. The fourth-order valence-corrected chi connectivity index (χ4v) is 2.12. The van der Waals surface area contributed by atoms with Crippen LogP contribution in [-0.2, 0) is 9.84 Å². The molecular formula is C13H17NO2S. The van der Waals surface area contributed by atoms with Gasteiger partial charge >= 0.3 is 0 Å². The Hall–Kier alpha value is -1.47. The molecule has 0 amide bonds. The number of hydrogen-bond acceptors (Lipinski definition) is 3. The van der Waals surface area contributed by atoms with E-state index >= 15 is 0 Å². The number of rotatable bonds is 5. The summed E-state index contributed by atoms with van der Waals surface area (Å²) in [7, 11) is -3.13. The number of terminal acetylenes is 1. The van der Waals surface area contributed by atoms with E-state index in [1.54, 1.807) is 24.3 Å². The highest BCUT2D eigenvalue weighted by Gasteiger charge is 2.07. The van der Waals surface area contributed by atoms with Crippen molar-refractivity contribution in [3.63, 3.8) is 0 Å². The lowest BCUT2D eigenvalue weighted by Gasteiger charge is -2.13. The lowest BCUT2D eigenvalue weighted by atomic mass is 10.1. The molecule has 1 aromatic carbocycles. The molecule has 0 fully saturated rings. The fourth-order valence-electron chi connectivity index (χ4n) is 1.49. The van der Waals surface area contributed by atoms with Gasteiger partial charge in [0.2, 0.25) is 0 Å². The van der Waals surface area contributed by atoms with Crippen LogP contribution < -0.4 is 5.32 Å². The van der Waals surface area contributed by atoms with Crippen LogP contribution in [0.4, 0.5) is 5.69 Å². The largest absolute Gasteiger partial charge is 0.372 e. The first kappa shape index (κ1) is 13.6. The predicted molar refractivity (Wildman–Crippen MR) is 70.7 cm³/mol. The highest BCUT2D eigenvalue weighted by atomic mass is 32.2. The fraction of sp³-hybridized carbons (Fsp3) is 0.385. The van der Waals surface area contributed by atoms with Crippen molar-refractivity contribution in [2.24, 2.45) is 0 Å². The molecule has 0 saturated carbocycles. The van der Waals surface area contributed by atoms with Crippen LogP contribution >= 0.6 is 0 Å². The minimum absolute atomic E-state index is 0.0101. The molecular weight excluding hydrogens is 234 g/mol. The lowest BCUT2D eigenvalue weighted by molar-refractivity contribution is 0.602. The van der Waals surface area contributed by atoms with Crippen LogP contribution in [0, 0.1) is 12.3 Å². The van der Waals surface area contributed by atoms with E-state index in [1.165, 1.54) is 6.26 Å². The zero-order valence-electron chi connectivity index (χ0n) is 10.1. The van der Waals surface area contributed by atoms with Crippen LogP contribution in [-0.4, -0.2) is 20.7 Å². The van der Waals surface area contributed by atoms with Crippen molar-refractivity contribution in [3.8, 4) is 12.3 Å². The summed E-state index contributed by atoms with van der Waals surface area (Å²) >= 11 is 0. The van der Waals surface area contributed by atoms with E-state index in [2.05, 4.69) is 18.2 Å². The average molecular weight is 251 g/mol. The minimum atomic E-state index is -3.13. The molecule has 1 rings (SSSR count). The van der Waals surface area contributed by atoms with E-state index < -0.39 is 9.84 Å². The lowest BCUT2D eigenvalue weighted by Crippen LogP contribution is -2.16. The SMILES string of the molecule is C#CC(CCC)Nc1ccc(S(C)(=O)=O)cc1. The van der Waals surface area contributed by atoms with Gasteiger partial charge in [-0.25, -0.2) is 8.42 Å². The van der Waals surface area contributed by atoms with E-state index in [-0.39, 0.29) is 6.04 Å². The van der Waals surface area contributed by atoms with Gasteiger partial charge in [0.25, 0.3) is 0 Å². The molecule has 0 spiro atoms. The Morgan fingerprint density at radius 2 is 1.94 bits per heavy atom. The van der Waals surface area contributed by atoms with Gasteiger partial charge in [-0.15, -0.1) is 6.42 Å². The Kier molecular flexibility index (Phi) is 4.59. The van der Waals surface area contributed by atoms with Gasteiger partial charge in [0.15, 0.2) is 9.84 Å². The number of benzene rings is 1. The highest BCUT2D eigenvalue weighted by Crippen LogP contribution is 2.15. The van der Waals surface area contributed by atoms with Crippen LogP contribution in [0.2, 0.25) is 0 Å². The molecule has 0 aliphatic rings. The molecule has 0 saturated heterocycles. The normalized spacial score (nSPS) is 12.8. The van der Waals surface area contributed by atoms with E-state index in [4.69, 9.17) is 6.42 Å². The Balaban J connectivity index is 2.79. The smallest absolute Gasteiger partial charge is 0.175 e. The summed E-state index contributed by atoms with van der Waals surface area (Å²) in [6, 6.07) is 6.62. The summed E-state index contributed by atoms with van der Waals surface area (Å²) in [5, 5.41) is 3.18. The van der Waals surface area contributed by atoms with Crippen molar-refractivity contribution in [2.45, 2.75) is 30.7 Å². The first-order valence-electron chi connectivity index (χ1n) is 5.50. The maximum Gasteiger partial charge on any atom is 0.175 e. The van der Waals surface area contributed by atoms with Gasteiger partial charge in [-0.1, -0.05) is 19.3 Å². The van der Waals surface area contributed by atoms with Gasteiger partial charge in [0.1, 0.15) is 0 Å². The van der Waals surface area contributed by atoms with Crippen molar-refractivity contribution in [3.05, 3.63) is 24.3 Å². The van der Waals surface area contributed by atoms with Crippen molar-refractivity contribution in [2.75, 3.05) is 11.6 Å². The second-order valence-electron chi connectivity index (χ2n) is 3.95. The highest BCUT2D eigenvalue weighted by molar-refractivity contribution is 7.90. The molecule has 92 valence electrons. The summed E-state index contributed by atoms with van der Waals surface area (Å²) < 4.78 is 22.5. The molecule has 0 radical (unpaired) electrons.